The number of anilines is 2. The number of nitrogens with zero attached hydrogens (tertiary/aromatic N) is 2. The minimum absolute atomic E-state index is 0.0104. The SMILES string of the molecule is CO[C@H](c1ccc(N2C(=O)COc3ccccc32)cc1)[C@H](C)/C=C/CC(=O)N1CCC[C@H]1CO. The Bertz CT molecular complexity index is 1040. The van der Waals surface area contributed by atoms with Crippen LogP contribution in [0.2, 0.25) is 0 Å². The molecular formula is C27H32N2O5. The van der Waals surface area contributed by atoms with Crippen molar-refractivity contribution < 1.29 is 24.2 Å². The van der Waals surface area contributed by atoms with Crippen LogP contribution in [0.1, 0.15) is 37.9 Å². The van der Waals surface area contributed by atoms with Crippen molar-refractivity contribution >= 4 is 23.2 Å². The van der Waals surface area contributed by atoms with Crippen molar-refractivity contribution in [3.63, 3.8) is 0 Å². The van der Waals surface area contributed by atoms with Gasteiger partial charge >= 0.3 is 0 Å². The third-order valence-electron chi connectivity index (χ3n) is 6.56. The molecule has 180 valence electrons. The molecule has 1 saturated heterocycles. The third-order valence-corrected chi connectivity index (χ3v) is 6.56. The first-order valence-electron chi connectivity index (χ1n) is 11.8. The maximum absolute atomic E-state index is 12.6. The van der Waals surface area contributed by atoms with E-state index in [2.05, 4.69) is 6.92 Å². The molecule has 7 nitrogen and oxygen atoms in total. The van der Waals surface area contributed by atoms with Gasteiger partial charge in [-0.05, 0) is 42.7 Å². The normalized spacial score (nSPS) is 19.7. The minimum atomic E-state index is -0.190. The van der Waals surface area contributed by atoms with Crippen molar-refractivity contribution in [1.29, 1.82) is 0 Å². The van der Waals surface area contributed by atoms with Gasteiger partial charge in [0.1, 0.15) is 5.75 Å². The van der Waals surface area contributed by atoms with Crippen LogP contribution in [0.4, 0.5) is 11.4 Å². The first kappa shape index (κ1) is 24.0. The van der Waals surface area contributed by atoms with Crippen molar-refractivity contribution in [2.24, 2.45) is 5.92 Å². The molecule has 0 spiro atoms. The summed E-state index contributed by atoms with van der Waals surface area (Å²) in [6.45, 7) is 2.81. The number of likely N-dealkylation sites (tertiary alicyclic amines) is 1. The van der Waals surface area contributed by atoms with E-state index in [1.54, 1.807) is 16.9 Å². The standard InChI is InChI=1S/C27H32N2O5/c1-19(7-5-11-25(31)28-16-6-8-22(28)17-30)27(33-2)20-12-14-21(15-13-20)29-23-9-3-4-10-24(23)34-18-26(29)32/h3-5,7,9-10,12-15,19,22,27,30H,6,8,11,16-18H2,1-2H3/b7-5+/t19-,22+,27+/m1/s1. The molecule has 0 radical (unpaired) electrons. The van der Waals surface area contributed by atoms with E-state index in [-0.39, 0.29) is 43.1 Å². The highest BCUT2D eigenvalue weighted by atomic mass is 16.5. The quantitative estimate of drug-likeness (QED) is 0.598. The lowest BCUT2D eigenvalue weighted by molar-refractivity contribution is -0.131. The Morgan fingerprint density at radius 3 is 2.74 bits per heavy atom. The molecule has 4 rings (SSSR count). The molecule has 0 bridgehead atoms. The Morgan fingerprint density at radius 2 is 2.00 bits per heavy atom. The Balaban J connectivity index is 1.42. The van der Waals surface area contributed by atoms with Crippen molar-refractivity contribution in [2.45, 2.75) is 38.3 Å². The Morgan fingerprint density at radius 1 is 1.24 bits per heavy atom. The summed E-state index contributed by atoms with van der Waals surface area (Å²) in [6.07, 6.45) is 5.83. The van der Waals surface area contributed by atoms with Crippen molar-refractivity contribution in [3.8, 4) is 5.75 Å². The van der Waals surface area contributed by atoms with Gasteiger partial charge in [0, 0.05) is 31.7 Å². The molecule has 0 saturated carbocycles. The van der Waals surface area contributed by atoms with Gasteiger partial charge in [0.15, 0.2) is 6.61 Å². The van der Waals surface area contributed by atoms with E-state index in [4.69, 9.17) is 9.47 Å². The second kappa shape index (κ2) is 10.8. The fraction of sp³-hybridized carbons (Fsp3) is 0.407. The molecular weight excluding hydrogens is 432 g/mol. The van der Waals surface area contributed by atoms with Gasteiger partial charge < -0.3 is 19.5 Å². The lowest BCUT2D eigenvalue weighted by Gasteiger charge is -2.29. The fourth-order valence-corrected chi connectivity index (χ4v) is 4.81. The highest BCUT2D eigenvalue weighted by Gasteiger charge is 2.28. The Hall–Kier alpha value is -3.16. The van der Waals surface area contributed by atoms with E-state index in [0.29, 0.717) is 12.2 Å². The molecule has 2 aliphatic heterocycles. The number of aliphatic hydroxyl groups is 1. The van der Waals surface area contributed by atoms with Crippen LogP contribution in [-0.4, -0.2) is 54.7 Å². The number of rotatable bonds is 8. The van der Waals surface area contributed by atoms with Gasteiger partial charge in [-0.25, -0.2) is 0 Å². The number of hydrogen-bond acceptors (Lipinski definition) is 5. The average molecular weight is 465 g/mol. The summed E-state index contributed by atoms with van der Waals surface area (Å²) in [5, 5.41) is 9.44. The summed E-state index contributed by atoms with van der Waals surface area (Å²) in [6, 6.07) is 15.2. The predicted molar refractivity (Wildman–Crippen MR) is 130 cm³/mol. The van der Waals surface area contributed by atoms with Gasteiger partial charge in [-0.15, -0.1) is 0 Å². The van der Waals surface area contributed by atoms with E-state index in [0.717, 1.165) is 36.3 Å². The smallest absolute Gasteiger partial charge is 0.269 e. The molecule has 0 unspecified atom stereocenters. The molecule has 7 heteroatoms. The summed E-state index contributed by atoms with van der Waals surface area (Å²) < 4.78 is 11.3. The number of para-hydroxylation sites is 2. The van der Waals surface area contributed by atoms with E-state index in [1.807, 2.05) is 60.7 Å². The summed E-state index contributed by atoms with van der Waals surface area (Å²) in [5.41, 5.74) is 2.50. The van der Waals surface area contributed by atoms with Crippen LogP contribution in [0.25, 0.3) is 0 Å². The van der Waals surface area contributed by atoms with Crippen LogP contribution in [0.5, 0.6) is 5.75 Å². The molecule has 1 N–H and O–H groups in total. The molecule has 2 aromatic rings. The Labute approximate surface area is 200 Å². The molecule has 34 heavy (non-hydrogen) atoms. The van der Waals surface area contributed by atoms with E-state index in [1.165, 1.54) is 0 Å². The first-order chi connectivity index (χ1) is 16.5. The summed E-state index contributed by atoms with van der Waals surface area (Å²) in [5.74, 6) is 0.668. The largest absolute Gasteiger partial charge is 0.482 e. The average Bonchev–Trinajstić information content (AvgIpc) is 3.34. The van der Waals surface area contributed by atoms with E-state index < -0.39 is 0 Å². The summed E-state index contributed by atoms with van der Waals surface area (Å²) in [7, 11) is 1.67. The number of fused-ring (bicyclic) bond motifs is 1. The number of benzene rings is 2. The monoisotopic (exact) mass is 464 g/mol. The van der Waals surface area contributed by atoms with Gasteiger partial charge in [0.2, 0.25) is 5.91 Å². The molecule has 2 aromatic carbocycles. The molecule has 0 aromatic heterocycles. The lowest BCUT2D eigenvalue weighted by atomic mass is 9.96. The number of aliphatic hydroxyl groups excluding tert-OH is 1. The van der Waals surface area contributed by atoms with E-state index in [9.17, 15) is 14.7 Å². The topological polar surface area (TPSA) is 79.3 Å². The summed E-state index contributed by atoms with van der Waals surface area (Å²) >= 11 is 0. The zero-order valence-electron chi connectivity index (χ0n) is 19.7. The van der Waals surface area contributed by atoms with Gasteiger partial charge in [-0.3, -0.25) is 14.5 Å². The van der Waals surface area contributed by atoms with Gasteiger partial charge in [-0.2, -0.15) is 0 Å². The highest BCUT2D eigenvalue weighted by Crippen LogP contribution is 2.37. The number of amides is 2. The van der Waals surface area contributed by atoms with Gasteiger partial charge in [-0.1, -0.05) is 43.3 Å². The van der Waals surface area contributed by atoms with E-state index >= 15 is 0 Å². The van der Waals surface area contributed by atoms with Crippen LogP contribution < -0.4 is 9.64 Å². The summed E-state index contributed by atoms with van der Waals surface area (Å²) in [4.78, 5) is 28.5. The molecule has 2 aliphatic rings. The molecule has 1 fully saturated rings. The number of carbonyl (C=O) groups is 2. The zero-order chi connectivity index (χ0) is 24.1. The van der Waals surface area contributed by atoms with Crippen molar-refractivity contribution in [2.75, 3.05) is 31.8 Å². The third kappa shape index (κ3) is 5.00. The van der Waals surface area contributed by atoms with Gasteiger partial charge in [0.05, 0.1) is 24.4 Å². The molecule has 2 amide bonds. The number of ether oxygens (including phenoxy) is 2. The highest BCUT2D eigenvalue weighted by molar-refractivity contribution is 6.04. The van der Waals surface area contributed by atoms with Crippen LogP contribution in [0.15, 0.2) is 60.7 Å². The van der Waals surface area contributed by atoms with Gasteiger partial charge in [0.25, 0.3) is 5.91 Å². The number of methoxy groups -OCH3 is 1. The molecule has 0 aliphatic carbocycles. The van der Waals surface area contributed by atoms with Crippen LogP contribution in [0, 0.1) is 5.92 Å². The number of carbonyl (C=O) groups excluding carboxylic acids is 2. The fourth-order valence-electron chi connectivity index (χ4n) is 4.81. The molecule has 2 heterocycles. The lowest BCUT2D eigenvalue weighted by Crippen LogP contribution is -2.37. The predicted octanol–water partition coefficient (Wildman–Crippen LogP) is 4.00. The minimum Gasteiger partial charge on any atom is -0.482 e. The van der Waals surface area contributed by atoms with Crippen LogP contribution in [0.3, 0.4) is 0 Å². The second-order valence-corrected chi connectivity index (χ2v) is 8.79. The van der Waals surface area contributed by atoms with Crippen molar-refractivity contribution in [1.82, 2.24) is 4.90 Å². The maximum atomic E-state index is 12.6. The molecule has 3 atom stereocenters. The maximum Gasteiger partial charge on any atom is 0.269 e. The first-order valence-corrected chi connectivity index (χ1v) is 11.8. The number of hydrogen-bond donors (Lipinski definition) is 1. The Kier molecular flexibility index (Phi) is 7.65. The zero-order valence-corrected chi connectivity index (χ0v) is 19.7. The van der Waals surface area contributed by atoms with Crippen LogP contribution in [-0.2, 0) is 14.3 Å². The second-order valence-electron chi connectivity index (χ2n) is 8.79. The van der Waals surface area contributed by atoms with Crippen molar-refractivity contribution in [3.05, 3.63) is 66.2 Å². The van der Waals surface area contributed by atoms with Crippen LogP contribution >= 0.6 is 0 Å².